The Morgan fingerprint density at radius 3 is 1.47 bits per heavy atom. The second-order valence-corrected chi connectivity index (χ2v) is 17.2. The highest BCUT2D eigenvalue weighted by Gasteiger charge is 2.71. The summed E-state index contributed by atoms with van der Waals surface area (Å²) in [6, 6.07) is 0. The summed E-state index contributed by atoms with van der Waals surface area (Å²) in [6.45, 7) is 10.3. The summed E-state index contributed by atoms with van der Waals surface area (Å²) in [4.78, 5) is 14.0. The second kappa shape index (κ2) is 27.2. The third-order valence-corrected chi connectivity index (χ3v) is 12.8. The Morgan fingerprint density at radius 1 is 0.667 bits per heavy atom. The van der Waals surface area contributed by atoms with E-state index in [0.717, 1.165) is 19.3 Å². The van der Waals surface area contributed by atoms with E-state index in [-0.39, 0.29) is 68.2 Å². The lowest BCUT2D eigenvalue weighted by Gasteiger charge is -2.59. The van der Waals surface area contributed by atoms with Gasteiger partial charge in [-0.05, 0) is 13.3 Å². The van der Waals surface area contributed by atoms with E-state index in [1.807, 2.05) is 20.0 Å². The molecule has 0 rings (SSSR count). The number of hydrogen-bond acceptors (Lipinski definition) is 6. The van der Waals surface area contributed by atoms with Crippen molar-refractivity contribution >= 4 is 84.2 Å². The van der Waals surface area contributed by atoms with Crippen molar-refractivity contribution in [2.45, 2.75) is 127 Å². The Balaban J connectivity index is 6.51. The van der Waals surface area contributed by atoms with Gasteiger partial charge < -0.3 is 23.7 Å². The zero-order valence-corrected chi connectivity index (χ0v) is 33.8. The summed E-state index contributed by atoms with van der Waals surface area (Å²) < 4.78 is 30.6. The molecule has 0 aliphatic heterocycles. The van der Waals surface area contributed by atoms with E-state index in [1.54, 1.807) is 6.92 Å². The Labute approximate surface area is 306 Å². The molecule has 0 aliphatic rings. The Kier molecular flexibility index (Phi) is 28.0. The van der Waals surface area contributed by atoms with Crippen LogP contribution >= 0.6 is 69.6 Å². The highest BCUT2D eigenvalue weighted by Crippen LogP contribution is 2.52. The maximum absolute atomic E-state index is 14.0. The molecule has 269 valence electrons. The van der Waals surface area contributed by atoms with Crippen LogP contribution in [0.2, 0.25) is 13.1 Å². The van der Waals surface area contributed by atoms with E-state index in [0.29, 0.717) is 6.42 Å². The lowest BCUT2D eigenvalue weighted by Crippen LogP contribution is -2.78. The molecule has 13 heteroatoms. The van der Waals surface area contributed by atoms with Crippen molar-refractivity contribution in [1.29, 1.82) is 0 Å². The normalized spacial score (nSPS) is 15.8. The standard InChI is InChI=1S/C32H59Cl6O6Si/c1-6-7-8-9-10-11-12-13-14-15-16-28(39)27(2)31(38,45(4)5)32(43-25-20-36,44-26-21-37)30(3,42-24-19-35)29(40-22-17-33)41-23-18-34/h27,29H,6-26H2,1-5H3. The molecule has 0 saturated heterocycles. The van der Waals surface area contributed by atoms with Gasteiger partial charge in [0.05, 0.1) is 46.3 Å². The molecule has 0 aromatic rings. The van der Waals surface area contributed by atoms with E-state index < -0.39 is 36.9 Å². The zero-order valence-electron chi connectivity index (χ0n) is 28.2. The van der Waals surface area contributed by atoms with E-state index >= 15 is 0 Å². The summed E-state index contributed by atoms with van der Waals surface area (Å²) in [7, 11) is -1.63. The first kappa shape index (κ1) is 46.4. The smallest absolute Gasteiger partial charge is 0.220 e. The van der Waals surface area contributed by atoms with E-state index in [2.05, 4.69) is 6.92 Å². The molecule has 0 fully saturated rings. The molecule has 0 aromatic heterocycles. The number of alkyl halides is 6. The maximum Gasteiger partial charge on any atom is 0.220 e. The third kappa shape index (κ3) is 14.7. The monoisotopic (exact) mass is 777 g/mol. The number of ketones is 1. The molecular formula is C32H59Cl6O6Si. The van der Waals surface area contributed by atoms with Crippen LogP contribution < -0.4 is 0 Å². The van der Waals surface area contributed by atoms with Crippen molar-refractivity contribution in [3.05, 3.63) is 0 Å². The van der Waals surface area contributed by atoms with Crippen molar-refractivity contribution in [2.24, 2.45) is 5.92 Å². The lowest BCUT2D eigenvalue weighted by molar-refractivity contribution is -0.385. The summed E-state index contributed by atoms with van der Waals surface area (Å²) in [5.74, 6) is -1.63. The van der Waals surface area contributed by atoms with Gasteiger partial charge in [-0.15, -0.1) is 69.6 Å². The van der Waals surface area contributed by atoms with Gasteiger partial charge in [0.2, 0.25) is 5.79 Å². The first-order chi connectivity index (χ1) is 21.5. The van der Waals surface area contributed by atoms with E-state index in [1.165, 1.54) is 44.9 Å². The van der Waals surface area contributed by atoms with Gasteiger partial charge in [-0.1, -0.05) is 84.7 Å². The fraction of sp³-hybridized carbons (Fsp3) is 0.969. The predicted molar refractivity (Wildman–Crippen MR) is 195 cm³/mol. The quantitative estimate of drug-likeness (QED) is 0.0293. The van der Waals surface area contributed by atoms with Gasteiger partial charge in [0.25, 0.3) is 0 Å². The van der Waals surface area contributed by atoms with Gasteiger partial charge in [0.15, 0.2) is 11.9 Å². The fourth-order valence-corrected chi connectivity index (χ4v) is 8.68. The molecule has 3 unspecified atom stereocenters. The minimum absolute atomic E-state index is 0.0312. The average molecular weight is 781 g/mol. The van der Waals surface area contributed by atoms with Crippen LogP contribution in [0.3, 0.4) is 0 Å². The summed E-state index contributed by atoms with van der Waals surface area (Å²) in [6.07, 6.45) is 11.1. The first-order valence-electron chi connectivity index (χ1n) is 16.5. The number of hydrogen-bond donors (Lipinski definition) is 0. The molecule has 0 aromatic carbocycles. The third-order valence-electron chi connectivity index (χ3n) is 8.10. The van der Waals surface area contributed by atoms with Crippen LogP contribution in [0, 0.1) is 5.92 Å². The van der Waals surface area contributed by atoms with Crippen LogP contribution in [0.25, 0.3) is 0 Å². The summed E-state index contributed by atoms with van der Waals surface area (Å²) in [5, 5.41) is 0. The van der Waals surface area contributed by atoms with E-state index in [9.17, 15) is 4.79 Å². The zero-order chi connectivity index (χ0) is 34.2. The van der Waals surface area contributed by atoms with Crippen molar-refractivity contribution < 1.29 is 28.5 Å². The molecule has 0 bridgehead atoms. The van der Waals surface area contributed by atoms with Crippen molar-refractivity contribution in [3.63, 3.8) is 0 Å². The number of halogens is 6. The Bertz CT molecular complexity index is 726. The number of ether oxygens (including phenoxy) is 5. The summed E-state index contributed by atoms with van der Waals surface area (Å²) >= 11 is 38.4. The maximum atomic E-state index is 14.0. The molecule has 0 spiro atoms. The summed E-state index contributed by atoms with van der Waals surface area (Å²) in [5.41, 5.74) is -1.56. The first-order valence-corrected chi connectivity index (χ1v) is 22.1. The van der Waals surface area contributed by atoms with Crippen LogP contribution in [0.1, 0.15) is 91.4 Å². The second-order valence-electron chi connectivity index (χ2n) is 11.6. The highest BCUT2D eigenvalue weighted by molar-refractivity contribution is 6.71. The molecule has 45 heavy (non-hydrogen) atoms. The van der Waals surface area contributed by atoms with Crippen LogP contribution in [0.15, 0.2) is 0 Å². The molecule has 1 radical (unpaired) electrons. The molecule has 0 amide bonds. The Hall–Kier alpha value is 1.43. The molecule has 0 aliphatic carbocycles. The largest absolute Gasteiger partial charge is 0.363 e. The van der Waals surface area contributed by atoms with Crippen LogP contribution in [-0.4, -0.2) is 99.2 Å². The molecule has 3 atom stereocenters. The Morgan fingerprint density at radius 2 is 1.07 bits per heavy atom. The fourth-order valence-electron chi connectivity index (χ4n) is 5.77. The SMILES string of the molecule is CCCCCCCCCCCCC(=O)C(C)C(Cl)([Si](C)C)C(OCCCl)(OCCCl)C(C)(OCCCl)C(OCCCl)OCCCl. The lowest BCUT2D eigenvalue weighted by atomic mass is 9.81. The van der Waals surface area contributed by atoms with Crippen LogP contribution in [0.4, 0.5) is 0 Å². The van der Waals surface area contributed by atoms with E-state index in [4.69, 9.17) is 93.3 Å². The number of rotatable bonds is 32. The van der Waals surface area contributed by atoms with Crippen LogP contribution in [0.5, 0.6) is 0 Å². The molecule has 0 saturated carbocycles. The number of unbranched alkanes of at least 4 members (excludes halogenated alkanes) is 9. The van der Waals surface area contributed by atoms with Gasteiger partial charge in [0.1, 0.15) is 5.78 Å². The average Bonchev–Trinajstić information content (AvgIpc) is 3.03. The van der Waals surface area contributed by atoms with Gasteiger partial charge in [-0.3, -0.25) is 4.79 Å². The molecule has 0 N–H and O–H groups in total. The molecular weight excluding hydrogens is 721 g/mol. The van der Waals surface area contributed by atoms with Crippen molar-refractivity contribution in [1.82, 2.24) is 0 Å². The number of Topliss-reactive ketones (excluding diaryl/α,β-unsaturated/α-hetero) is 1. The van der Waals surface area contributed by atoms with Gasteiger partial charge in [0, 0.05) is 41.7 Å². The van der Waals surface area contributed by atoms with Crippen LogP contribution in [-0.2, 0) is 28.5 Å². The highest BCUT2D eigenvalue weighted by atomic mass is 35.5. The van der Waals surface area contributed by atoms with Gasteiger partial charge in [-0.2, -0.15) is 0 Å². The topological polar surface area (TPSA) is 63.2 Å². The number of carbonyl (C=O) groups is 1. The van der Waals surface area contributed by atoms with Crippen molar-refractivity contribution in [2.75, 3.05) is 62.4 Å². The van der Waals surface area contributed by atoms with Crippen molar-refractivity contribution in [3.8, 4) is 0 Å². The van der Waals surface area contributed by atoms with Gasteiger partial charge >= 0.3 is 0 Å². The minimum atomic E-state index is -1.80. The predicted octanol–water partition coefficient (Wildman–Crippen LogP) is 9.83. The minimum Gasteiger partial charge on any atom is -0.363 e. The van der Waals surface area contributed by atoms with Gasteiger partial charge in [-0.25, -0.2) is 0 Å². The number of carbonyl (C=O) groups excluding carboxylic acids is 1. The molecule has 0 heterocycles. The molecule has 6 nitrogen and oxygen atoms in total.